The maximum Gasteiger partial charge on any atom is 0.123 e. The molecule has 0 aromatic heterocycles. The molecule has 1 nitrogen and oxygen atoms in total. The molecule has 3 heteroatoms. The number of hydrogen-bond acceptors (Lipinski definition) is 1. The first kappa shape index (κ1) is 16.2. The highest BCUT2D eigenvalue weighted by Crippen LogP contribution is 2.42. The molecular weight excluding hydrogens is 336 g/mol. The molecule has 1 aliphatic rings. The Labute approximate surface area is 136 Å². The zero-order valence-corrected chi connectivity index (χ0v) is 14.8. The first-order chi connectivity index (χ1) is 9.63. The Bertz CT molecular complexity index is 439. The van der Waals surface area contributed by atoms with Crippen LogP contribution in [0.25, 0.3) is 0 Å². The standard InChI is InChI=1S/C17H24BrClO/c1-12-10-16(20-2)14(11-15(12)18)17(19)13-8-6-4-3-5-7-9-13/h10-11,13,17H,3-9H2,1-2H3. The second-order valence-electron chi connectivity index (χ2n) is 5.85. The third-order valence-electron chi connectivity index (χ3n) is 4.37. The summed E-state index contributed by atoms with van der Waals surface area (Å²) in [6.07, 6.45) is 9.20. The number of alkyl halides is 1. The van der Waals surface area contributed by atoms with Crippen molar-refractivity contribution in [2.45, 2.75) is 57.2 Å². The fraction of sp³-hybridized carbons (Fsp3) is 0.647. The summed E-state index contributed by atoms with van der Waals surface area (Å²) < 4.78 is 6.66. The zero-order chi connectivity index (χ0) is 14.5. The number of benzene rings is 1. The predicted molar refractivity (Wildman–Crippen MR) is 89.8 cm³/mol. The van der Waals surface area contributed by atoms with Gasteiger partial charge < -0.3 is 4.74 Å². The quantitative estimate of drug-likeness (QED) is 0.567. The minimum atomic E-state index is 0.0555. The van der Waals surface area contributed by atoms with E-state index in [2.05, 4.69) is 35.0 Å². The number of rotatable bonds is 3. The van der Waals surface area contributed by atoms with Crippen LogP contribution >= 0.6 is 27.5 Å². The van der Waals surface area contributed by atoms with Crippen LogP contribution in [0.3, 0.4) is 0 Å². The van der Waals surface area contributed by atoms with E-state index in [0.717, 1.165) is 15.8 Å². The van der Waals surface area contributed by atoms with Crippen LogP contribution in [-0.4, -0.2) is 7.11 Å². The summed E-state index contributed by atoms with van der Waals surface area (Å²) in [5.41, 5.74) is 2.32. The lowest BCUT2D eigenvalue weighted by Crippen LogP contribution is -2.11. The fourth-order valence-corrected chi connectivity index (χ4v) is 3.88. The molecule has 0 heterocycles. The SMILES string of the molecule is COc1cc(C)c(Br)cc1C(Cl)C1CCCCCCC1. The van der Waals surface area contributed by atoms with Gasteiger partial charge in [-0.05, 0) is 43.4 Å². The van der Waals surface area contributed by atoms with Gasteiger partial charge in [0.05, 0.1) is 12.5 Å². The second kappa shape index (κ2) is 7.70. The van der Waals surface area contributed by atoms with Crippen molar-refractivity contribution in [1.29, 1.82) is 0 Å². The molecule has 0 N–H and O–H groups in total. The molecule has 1 atom stereocenters. The molecule has 1 aromatic carbocycles. The third-order valence-corrected chi connectivity index (χ3v) is 5.82. The maximum atomic E-state index is 6.82. The predicted octanol–water partition coefficient (Wildman–Crippen LogP) is 6.41. The van der Waals surface area contributed by atoms with Crippen LogP contribution in [0.4, 0.5) is 0 Å². The van der Waals surface area contributed by atoms with Crippen LogP contribution < -0.4 is 4.74 Å². The lowest BCUT2D eigenvalue weighted by molar-refractivity contribution is 0.357. The summed E-state index contributed by atoms with van der Waals surface area (Å²) in [7, 11) is 1.73. The highest BCUT2D eigenvalue weighted by atomic mass is 79.9. The molecule has 112 valence electrons. The van der Waals surface area contributed by atoms with E-state index < -0.39 is 0 Å². The van der Waals surface area contributed by atoms with Gasteiger partial charge in [-0.3, -0.25) is 0 Å². The average Bonchev–Trinajstić information content (AvgIpc) is 2.40. The van der Waals surface area contributed by atoms with E-state index in [1.807, 2.05) is 0 Å². The van der Waals surface area contributed by atoms with Gasteiger partial charge in [0.15, 0.2) is 0 Å². The summed E-state index contributed by atoms with van der Waals surface area (Å²) in [5.74, 6) is 1.49. The average molecular weight is 360 g/mol. The Morgan fingerprint density at radius 1 is 1.15 bits per heavy atom. The van der Waals surface area contributed by atoms with Crippen molar-refractivity contribution in [2.24, 2.45) is 5.92 Å². The van der Waals surface area contributed by atoms with Gasteiger partial charge in [0.1, 0.15) is 5.75 Å². The van der Waals surface area contributed by atoms with E-state index in [4.69, 9.17) is 16.3 Å². The number of aryl methyl sites for hydroxylation is 1. The second-order valence-corrected chi connectivity index (χ2v) is 7.17. The van der Waals surface area contributed by atoms with Gasteiger partial charge in [-0.1, -0.05) is 48.0 Å². The van der Waals surface area contributed by atoms with Gasteiger partial charge in [0.2, 0.25) is 0 Å². The summed E-state index contributed by atoms with van der Waals surface area (Å²) in [6.45, 7) is 2.08. The van der Waals surface area contributed by atoms with Crippen LogP contribution in [0, 0.1) is 12.8 Å². The Balaban J connectivity index is 2.22. The fourth-order valence-electron chi connectivity index (χ4n) is 3.10. The molecule has 1 fully saturated rings. The highest BCUT2D eigenvalue weighted by Gasteiger charge is 2.25. The van der Waals surface area contributed by atoms with Crippen LogP contribution in [0.15, 0.2) is 16.6 Å². The molecule has 0 spiro atoms. The molecule has 0 radical (unpaired) electrons. The minimum Gasteiger partial charge on any atom is -0.496 e. The van der Waals surface area contributed by atoms with E-state index >= 15 is 0 Å². The molecule has 0 aliphatic heterocycles. The van der Waals surface area contributed by atoms with Crippen LogP contribution in [0.1, 0.15) is 61.4 Å². The van der Waals surface area contributed by atoms with Crippen molar-refractivity contribution in [3.63, 3.8) is 0 Å². The monoisotopic (exact) mass is 358 g/mol. The summed E-state index contributed by atoms with van der Waals surface area (Å²) >= 11 is 10.4. The van der Waals surface area contributed by atoms with Crippen LogP contribution in [0.5, 0.6) is 5.75 Å². The molecule has 0 bridgehead atoms. The van der Waals surface area contributed by atoms with Crippen molar-refractivity contribution in [3.05, 3.63) is 27.7 Å². The molecule has 1 saturated carbocycles. The van der Waals surface area contributed by atoms with Gasteiger partial charge >= 0.3 is 0 Å². The lowest BCUT2D eigenvalue weighted by Gasteiger charge is -2.26. The van der Waals surface area contributed by atoms with E-state index in [9.17, 15) is 0 Å². The zero-order valence-electron chi connectivity index (χ0n) is 12.4. The molecule has 1 aromatic rings. The summed E-state index contributed by atoms with van der Waals surface area (Å²) in [6, 6.07) is 4.22. The van der Waals surface area contributed by atoms with Gasteiger partial charge in [0.25, 0.3) is 0 Å². The van der Waals surface area contributed by atoms with E-state index in [0.29, 0.717) is 5.92 Å². The molecule has 0 saturated heterocycles. The molecule has 2 rings (SSSR count). The van der Waals surface area contributed by atoms with Gasteiger partial charge in [-0.2, -0.15) is 0 Å². The van der Waals surface area contributed by atoms with Gasteiger partial charge in [-0.25, -0.2) is 0 Å². The maximum absolute atomic E-state index is 6.82. The Morgan fingerprint density at radius 3 is 2.35 bits per heavy atom. The molecule has 1 unspecified atom stereocenters. The smallest absolute Gasteiger partial charge is 0.123 e. The van der Waals surface area contributed by atoms with Crippen LogP contribution in [-0.2, 0) is 0 Å². The topological polar surface area (TPSA) is 9.23 Å². The molecule has 20 heavy (non-hydrogen) atoms. The Hall–Kier alpha value is -0.210. The Morgan fingerprint density at radius 2 is 1.75 bits per heavy atom. The van der Waals surface area contributed by atoms with Gasteiger partial charge in [0, 0.05) is 10.0 Å². The van der Waals surface area contributed by atoms with Crippen LogP contribution in [0.2, 0.25) is 0 Å². The third kappa shape index (κ3) is 3.92. The molecule has 0 amide bonds. The summed E-state index contributed by atoms with van der Waals surface area (Å²) in [4.78, 5) is 0. The highest BCUT2D eigenvalue weighted by molar-refractivity contribution is 9.10. The number of hydrogen-bond donors (Lipinski definition) is 0. The normalized spacial score (nSPS) is 19.2. The van der Waals surface area contributed by atoms with Gasteiger partial charge in [-0.15, -0.1) is 11.6 Å². The first-order valence-electron chi connectivity index (χ1n) is 7.61. The van der Waals surface area contributed by atoms with E-state index in [-0.39, 0.29) is 5.38 Å². The lowest BCUT2D eigenvalue weighted by atomic mass is 9.86. The number of methoxy groups -OCH3 is 1. The van der Waals surface area contributed by atoms with Crippen molar-refractivity contribution in [2.75, 3.05) is 7.11 Å². The Kier molecular flexibility index (Phi) is 6.22. The van der Waals surface area contributed by atoms with Crippen molar-refractivity contribution < 1.29 is 4.74 Å². The van der Waals surface area contributed by atoms with Crippen molar-refractivity contribution in [3.8, 4) is 5.75 Å². The van der Waals surface area contributed by atoms with E-state index in [1.54, 1.807) is 7.11 Å². The molecule has 1 aliphatic carbocycles. The summed E-state index contributed by atoms with van der Waals surface area (Å²) in [5, 5.41) is 0.0555. The minimum absolute atomic E-state index is 0.0555. The first-order valence-corrected chi connectivity index (χ1v) is 8.84. The molecular formula is C17H24BrClO. The number of halogens is 2. The van der Waals surface area contributed by atoms with E-state index in [1.165, 1.54) is 50.5 Å². The largest absolute Gasteiger partial charge is 0.496 e. The van der Waals surface area contributed by atoms with Crippen molar-refractivity contribution >= 4 is 27.5 Å². The van der Waals surface area contributed by atoms with Crippen molar-refractivity contribution in [1.82, 2.24) is 0 Å². The number of ether oxygens (including phenoxy) is 1.